The summed E-state index contributed by atoms with van der Waals surface area (Å²) in [7, 11) is 0. The third kappa shape index (κ3) is 14.4. The standard InChI is InChI=1S/C6H9NO6.C6H15N/c1-4(8)11-7(12-5(2)9)13-6(3)10;1-4-7(5-2)6-3/h1-3H3;4-6H2,1-3H3. The summed E-state index contributed by atoms with van der Waals surface area (Å²) >= 11 is 0. The Morgan fingerprint density at radius 2 is 0.950 bits per heavy atom. The number of carbonyl (C=O) groups excluding carboxylic acids is 3. The van der Waals surface area contributed by atoms with Gasteiger partial charge in [-0.2, -0.15) is 0 Å². The number of carbonyl (C=O) groups is 3. The third-order valence-electron chi connectivity index (χ3n) is 1.95. The van der Waals surface area contributed by atoms with Crippen LogP contribution in [-0.4, -0.2) is 47.8 Å². The molecular weight excluding hydrogens is 268 g/mol. The molecule has 0 aliphatic heterocycles. The summed E-state index contributed by atoms with van der Waals surface area (Å²) < 4.78 is 0. The summed E-state index contributed by atoms with van der Waals surface area (Å²) in [4.78, 5) is 46.0. The van der Waals surface area contributed by atoms with Crippen LogP contribution in [0, 0.1) is 0 Å². The van der Waals surface area contributed by atoms with Crippen molar-refractivity contribution in [3.05, 3.63) is 0 Å². The highest BCUT2D eigenvalue weighted by atomic mass is 17.2. The molecular formula is C12H24N2O6. The number of hydrogen-bond donors (Lipinski definition) is 0. The van der Waals surface area contributed by atoms with E-state index in [9.17, 15) is 14.4 Å². The fourth-order valence-corrected chi connectivity index (χ4v) is 1.04. The Bertz CT molecular complexity index is 261. The highest BCUT2D eigenvalue weighted by molar-refractivity contribution is 5.68. The zero-order chi connectivity index (χ0) is 16.1. The van der Waals surface area contributed by atoms with E-state index in [1.165, 1.54) is 19.6 Å². The van der Waals surface area contributed by atoms with Gasteiger partial charge in [-0.1, -0.05) is 20.8 Å². The van der Waals surface area contributed by atoms with E-state index in [2.05, 4.69) is 40.2 Å². The van der Waals surface area contributed by atoms with Crippen LogP contribution in [0.1, 0.15) is 41.5 Å². The normalized spacial score (nSPS) is 9.60. The van der Waals surface area contributed by atoms with E-state index >= 15 is 0 Å². The van der Waals surface area contributed by atoms with Crippen LogP contribution < -0.4 is 0 Å². The molecule has 8 nitrogen and oxygen atoms in total. The molecule has 0 aromatic rings. The zero-order valence-electron chi connectivity index (χ0n) is 13.0. The van der Waals surface area contributed by atoms with Gasteiger partial charge in [0.15, 0.2) is 0 Å². The molecule has 0 aromatic heterocycles. The van der Waals surface area contributed by atoms with E-state index in [4.69, 9.17) is 0 Å². The Hall–Kier alpha value is -1.67. The highest BCUT2D eigenvalue weighted by Gasteiger charge is 2.16. The van der Waals surface area contributed by atoms with E-state index < -0.39 is 17.9 Å². The van der Waals surface area contributed by atoms with Gasteiger partial charge in [-0.3, -0.25) is 14.4 Å². The lowest BCUT2D eigenvalue weighted by molar-refractivity contribution is -0.462. The molecule has 0 fully saturated rings. The molecule has 0 saturated carbocycles. The highest BCUT2D eigenvalue weighted by Crippen LogP contribution is 1.96. The molecule has 0 saturated heterocycles. The molecule has 0 rings (SSSR count). The Morgan fingerprint density at radius 1 is 0.700 bits per heavy atom. The van der Waals surface area contributed by atoms with E-state index in [-0.39, 0.29) is 5.39 Å². The van der Waals surface area contributed by atoms with Crippen molar-refractivity contribution in [1.29, 1.82) is 0 Å². The molecule has 8 heteroatoms. The summed E-state index contributed by atoms with van der Waals surface area (Å²) in [5, 5.41) is 0.0486. The minimum atomic E-state index is -0.789. The fourth-order valence-electron chi connectivity index (χ4n) is 1.04. The van der Waals surface area contributed by atoms with Gasteiger partial charge in [0.2, 0.25) is 5.39 Å². The molecule has 0 atom stereocenters. The van der Waals surface area contributed by atoms with E-state index in [0.717, 1.165) is 20.8 Å². The second kappa shape index (κ2) is 12.4. The predicted molar refractivity (Wildman–Crippen MR) is 70.6 cm³/mol. The molecule has 0 N–H and O–H groups in total. The first-order chi connectivity index (χ1) is 9.26. The summed E-state index contributed by atoms with van der Waals surface area (Å²) in [6.45, 7) is 13.3. The summed E-state index contributed by atoms with van der Waals surface area (Å²) in [5.74, 6) is -2.37. The van der Waals surface area contributed by atoms with Crippen LogP contribution >= 0.6 is 0 Å². The lowest BCUT2D eigenvalue weighted by Gasteiger charge is -2.13. The van der Waals surface area contributed by atoms with E-state index in [1.807, 2.05) is 0 Å². The van der Waals surface area contributed by atoms with Crippen LogP contribution in [0.5, 0.6) is 0 Å². The first-order valence-corrected chi connectivity index (χ1v) is 6.34. The topological polar surface area (TPSA) is 85.4 Å². The minimum Gasteiger partial charge on any atom is -0.304 e. The molecule has 0 aliphatic rings. The summed E-state index contributed by atoms with van der Waals surface area (Å²) in [5.41, 5.74) is 0. The average Bonchev–Trinajstić information content (AvgIpc) is 2.29. The second-order valence-electron chi connectivity index (χ2n) is 3.59. The maximum atomic E-state index is 10.4. The molecule has 0 spiro atoms. The average molecular weight is 292 g/mol. The Labute approximate surface area is 119 Å². The van der Waals surface area contributed by atoms with Gasteiger partial charge in [0.05, 0.1) is 0 Å². The second-order valence-corrected chi connectivity index (χ2v) is 3.59. The molecule has 0 amide bonds. The maximum Gasteiger partial charge on any atom is 0.329 e. The van der Waals surface area contributed by atoms with Gasteiger partial charge >= 0.3 is 17.9 Å². The maximum absolute atomic E-state index is 10.4. The lowest BCUT2D eigenvalue weighted by Crippen LogP contribution is -2.30. The van der Waals surface area contributed by atoms with Crippen molar-refractivity contribution in [2.45, 2.75) is 41.5 Å². The van der Waals surface area contributed by atoms with Gasteiger partial charge in [-0.05, 0) is 19.6 Å². The van der Waals surface area contributed by atoms with Crippen LogP contribution in [0.25, 0.3) is 0 Å². The van der Waals surface area contributed by atoms with Crippen LogP contribution in [0.4, 0.5) is 0 Å². The SMILES string of the molecule is CC(=O)ON(OC(C)=O)OC(C)=O.CCN(CC)CC. The molecule has 0 unspecified atom stereocenters. The molecule has 0 heterocycles. The zero-order valence-corrected chi connectivity index (χ0v) is 13.0. The van der Waals surface area contributed by atoms with Crippen molar-refractivity contribution in [3.63, 3.8) is 0 Å². The predicted octanol–water partition coefficient (Wildman–Crippen LogP) is 1.07. The van der Waals surface area contributed by atoms with Crippen molar-refractivity contribution in [1.82, 2.24) is 10.3 Å². The number of hydrogen-bond acceptors (Lipinski definition) is 8. The van der Waals surface area contributed by atoms with Crippen LogP contribution in [0.2, 0.25) is 0 Å². The largest absolute Gasteiger partial charge is 0.329 e. The smallest absolute Gasteiger partial charge is 0.304 e. The van der Waals surface area contributed by atoms with E-state index in [1.54, 1.807) is 0 Å². The quantitative estimate of drug-likeness (QED) is 0.672. The Morgan fingerprint density at radius 3 is 1.05 bits per heavy atom. The van der Waals surface area contributed by atoms with Crippen LogP contribution in [0.15, 0.2) is 0 Å². The molecule has 20 heavy (non-hydrogen) atoms. The third-order valence-corrected chi connectivity index (χ3v) is 1.95. The minimum absolute atomic E-state index is 0.0486. The van der Waals surface area contributed by atoms with Gasteiger partial charge in [0.1, 0.15) is 0 Å². The molecule has 0 radical (unpaired) electrons. The van der Waals surface area contributed by atoms with Crippen molar-refractivity contribution in [3.8, 4) is 0 Å². The van der Waals surface area contributed by atoms with Gasteiger partial charge < -0.3 is 19.4 Å². The van der Waals surface area contributed by atoms with Gasteiger partial charge in [0.25, 0.3) is 0 Å². The molecule has 0 aromatic carbocycles. The van der Waals surface area contributed by atoms with Crippen molar-refractivity contribution < 1.29 is 28.9 Å². The first-order valence-electron chi connectivity index (χ1n) is 6.34. The summed E-state index contributed by atoms with van der Waals surface area (Å²) in [6.07, 6.45) is 0. The Kier molecular flexibility index (Phi) is 12.8. The van der Waals surface area contributed by atoms with Crippen molar-refractivity contribution in [2.24, 2.45) is 0 Å². The monoisotopic (exact) mass is 292 g/mol. The number of nitrogens with zero attached hydrogens (tertiary/aromatic N) is 2. The molecule has 0 bridgehead atoms. The summed E-state index contributed by atoms with van der Waals surface area (Å²) in [6, 6.07) is 0. The molecule has 118 valence electrons. The first kappa shape index (κ1) is 20.6. The molecule has 0 aliphatic carbocycles. The Balaban J connectivity index is 0. The number of rotatable bonds is 6. The van der Waals surface area contributed by atoms with Gasteiger partial charge in [0, 0.05) is 20.8 Å². The van der Waals surface area contributed by atoms with E-state index in [0.29, 0.717) is 0 Å². The fraction of sp³-hybridized carbons (Fsp3) is 0.750. The van der Waals surface area contributed by atoms with Crippen molar-refractivity contribution in [2.75, 3.05) is 19.6 Å². The van der Waals surface area contributed by atoms with Gasteiger partial charge in [-0.25, -0.2) is 0 Å². The van der Waals surface area contributed by atoms with Crippen LogP contribution in [0.3, 0.4) is 0 Å². The van der Waals surface area contributed by atoms with Crippen LogP contribution in [-0.2, 0) is 28.9 Å². The lowest BCUT2D eigenvalue weighted by atomic mass is 10.5. The van der Waals surface area contributed by atoms with Gasteiger partial charge in [-0.15, -0.1) is 0 Å². The van der Waals surface area contributed by atoms with Crippen molar-refractivity contribution >= 4 is 17.9 Å².